The lowest BCUT2D eigenvalue weighted by molar-refractivity contribution is -0.141. The Hall–Kier alpha value is -3.27. The molecule has 2 aromatic carbocycles. The number of nitrogens with one attached hydrogen (secondary N) is 1. The van der Waals surface area contributed by atoms with E-state index in [2.05, 4.69) is 10.2 Å². The lowest BCUT2D eigenvalue weighted by Crippen LogP contribution is -2.31. The molecule has 32 heavy (non-hydrogen) atoms. The van der Waals surface area contributed by atoms with Crippen LogP contribution in [-0.4, -0.2) is 22.6 Å². The van der Waals surface area contributed by atoms with Crippen molar-refractivity contribution in [1.29, 1.82) is 5.26 Å². The van der Waals surface area contributed by atoms with E-state index >= 15 is 0 Å². The molecular weight excluding hydrogens is 546 g/mol. The molecule has 3 aromatic rings. The lowest BCUT2D eigenvalue weighted by atomic mass is 9.94. The number of hydrogen-bond donors (Lipinski definition) is 1. The van der Waals surface area contributed by atoms with E-state index in [0.717, 1.165) is 17.0 Å². The standard InChI is InChI=1S/C21H10F5IN4O/c22-14-3-1-10(7-11(14)9-28)13-5-6-31(16-4-2-12(27)8-15(16)23)20(32)18-17(13)19(30-29-18)21(24,25)26/h1-5,7-8H,6H2,(H,29,30). The van der Waals surface area contributed by atoms with Gasteiger partial charge in [-0.05, 0) is 64.1 Å². The van der Waals surface area contributed by atoms with Crippen molar-refractivity contribution < 1.29 is 26.7 Å². The van der Waals surface area contributed by atoms with Gasteiger partial charge in [-0.15, -0.1) is 0 Å². The number of alkyl halides is 3. The number of fused-ring (bicyclic) bond motifs is 1. The molecule has 0 aliphatic carbocycles. The number of hydrogen-bond acceptors (Lipinski definition) is 3. The minimum atomic E-state index is -4.91. The molecule has 0 spiro atoms. The third-order valence-corrected chi connectivity index (χ3v) is 5.51. The molecule has 2 heterocycles. The lowest BCUT2D eigenvalue weighted by Gasteiger charge is -2.20. The van der Waals surface area contributed by atoms with Crippen molar-refractivity contribution in [2.45, 2.75) is 6.18 Å². The smallest absolute Gasteiger partial charge is 0.300 e. The molecule has 1 amide bonds. The zero-order chi connectivity index (χ0) is 23.2. The van der Waals surface area contributed by atoms with Gasteiger partial charge in [-0.3, -0.25) is 9.89 Å². The van der Waals surface area contributed by atoms with Crippen molar-refractivity contribution in [2.24, 2.45) is 0 Å². The number of H-pyrrole nitrogens is 1. The zero-order valence-electron chi connectivity index (χ0n) is 15.8. The van der Waals surface area contributed by atoms with Crippen LogP contribution in [0, 0.1) is 26.5 Å². The zero-order valence-corrected chi connectivity index (χ0v) is 17.9. The van der Waals surface area contributed by atoms with Crippen LogP contribution >= 0.6 is 22.6 Å². The molecule has 0 saturated heterocycles. The fraction of sp³-hybridized carbons (Fsp3) is 0.0952. The maximum Gasteiger partial charge on any atom is 0.435 e. The number of carbonyl (C=O) groups excluding carboxylic acids is 1. The molecule has 1 aliphatic heterocycles. The van der Waals surface area contributed by atoms with Gasteiger partial charge in [-0.1, -0.05) is 12.1 Å². The minimum Gasteiger partial charge on any atom is -0.300 e. The molecule has 0 radical (unpaired) electrons. The average molecular weight is 556 g/mol. The number of amides is 1. The van der Waals surface area contributed by atoms with Crippen molar-refractivity contribution in [3.05, 3.63) is 85.8 Å². The van der Waals surface area contributed by atoms with E-state index in [1.54, 1.807) is 12.1 Å². The first-order valence-electron chi connectivity index (χ1n) is 8.95. The van der Waals surface area contributed by atoms with Crippen LogP contribution in [0.5, 0.6) is 0 Å². The second-order valence-corrected chi connectivity index (χ2v) is 8.00. The topological polar surface area (TPSA) is 72.8 Å². The highest BCUT2D eigenvalue weighted by Crippen LogP contribution is 2.40. The van der Waals surface area contributed by atoms with Gasteiger partial charge in [0.05, 0.1) is 11.3 Å². The molecule has 1 N–H and O–H groups in total. The Balaban J connectivity index is 1.96. The van der Waals surface area contributed by atoms with Gasteiger partial charge < -0.3 is 4.90 Å². The molecule has 0 fully saturated rings. The summed E-state index contributed by atoms with van der Waals surface area (Å²) in [6.07, 6.45) is -3.62. The van der Waals surface area contributed by atoms with Crippen molar-refractivity contribution in [1.82, 2.24) is 10.2 Å². The Kier molecular flexibility index (Phi) is 5.49. The van der Waals surface area contributed by atoms with Gasteiger partial charge in [0.25, 0.3) is 5.91 Å². The summed E-state index contributed by atoms with van der Waals surface area (Å²) in [6.45, 7) is -0.273. The van der Waals surface area contributed by atoms with E-state index in [1.807, 2.05) is 22.6 Å². The number of aromatic amines is 1. The molecular formula is C21H10F5IN4O. The first-order valence-corrected chi connectivity index (χ1v) is 10.0. The Bertz CT molecular complexity index is 1320. The van der Waals surface area contributed by atoms with Crippen LogP contribution < -0.4 is 4.90 Å². The number of rotatable bonds is 2. The number of nitrogens with zero attached hydrogens (tertiary/aromatic N) is 3. The van der Waals surface area contributed by atoms with Crippen molar-refractivity contribution in [3.63, 3.8) is 0 Å². The fourth-order valence-electron chi connectivity index (χ4n) is 3.42. The van der Waals surface area contributed by atoms with Gasteiger partial charge in [0.15, 0.2) is 5.69 Å². The van der Waals surface area contributed by atoms with Crippen LogP contribution in [0.2, 0.25) is 0 Å². The van der Waals surface area contributed by atoms with Gasteiger partial charge in [0, 0.05) is 15.7 Å². The summed E-state index contributed by atoms with van der Waals surface area (Å²) in [5, 5.41) is 14.5. The number of aromatic nitrogens is 2. The van der Waals surface area contributed by atoms with Crippen LogP contribution in [0.25, 0.3) is 5.57 Å². The highest BCUT2D eigenvalue weighted by atomic mass is 127. The summed E-state index contributed by atoms with van der Waals surface area (Å²) in [5.74, 6) is -2.49. The van der Waals surface area contributed by atoms with E-state index in [9.17, 15) is 26.7 Å². The monoisotopic (exact) mass is 556 g/mol. The minimum absolute atomic E-state index is 0.0776. The van der Waals surface area contributed by atoms with E-state index in [4.69, 9.17) is 5.26 Å². The highest BCUT2D eigenvalue weighted by molar-refractivity contribution is 14.1. The van der Waals surface area contributed by atoms with E-state index in [0.29, 0.717) is 3.57 Å². The predicted molar refractivity (Wildman–Crippen MR) is 113 cm³/mol. The van der Waals surface area contributed by atoms with Crippen molar-refractivity contribution in [3.8, 4) is 6.07 Å². The summed E-state index contributed by atoms with van der Waals surface area (Å²) >= 11 is 1.88. The maximum atomic E-state index is 14.6. The second kappa shape index (κ2) is 8.01. The summed E-state index contributed by atoms with van der Waals surface area (Å²) in [4.78, 5) is 14.1. The van der Waals surface area contributed by atoms with Gasteiger partial charge >= 0.3 is 6.18 Å². The van der Waals surface area contributed by atoms with Crippen LogP contribution in [0.1, 0.15) is 32.9 Å². The molecule has 4 rings (SSSR count). The molecule has 11 heteroatoms. The van der Waals surface area contributed by atoms with Crippen LogP contribution in [0.4, 0.5) is 27.6 Å². The van der Waals surface area contributed by atoms with E-state index in [-0.39, 0.29) is 28.9 Å². The van der Waals surface area contributed by atoms with Crippen LogP contribution in [-0.2, 0) is 6.18 Å². The highest BCUT2D eigenvalue weighted by Gasteiger charge is 2.42. The third kappa shape index (κ3) is 3.75. The number of carbonyl (C=O) groups is 1. The maximum absolute atomic E-state index is 14.6. The van der Waals surface area contributed by atoms with Crippen molar-refractivity contribution >= 4 is 39.8 Å². The number of halogens is 6. The number of benzene rings is 2. The van der Waals surface area contributed by atoms with Gasteiger partial charge in [-0.25, -0.2) is 8.78 Å². The molecule has 0 unspecified atom stereocenters. The molecule has 1 aliphatic rings. The van der Waals surface area contributed by atoms with Gasteiger partial charge in [-0.2, -0.15) is 23.5 Å². The summed E-state index contributed by atoms with van der Waals surface area (Å²) in [6, 6.07) is 8.96. The molecule has 5 nitrogen and oxygen atoms in total. The molecule has 162 valence electrons. The summed E-state index contributed by atoms with van der Waals surface area (Å²) in [5.41, 5.74) is -2.90. The molecule has 1 aromatic heterocycles. The molecule has 0 atom stereocenters. The number of anilines is 1. The quantitative estimate of drug-likeness (QED) is 0.345. The first-order chi connectivity index (χ1) is 15.1. The molecule has 0 bridgehead atoms. The van der Waals surface area contributed by atoms with E-state index in [1.165, 1.54) is 24.3 Å². The van der Waals surface area contributed by atoms with Crippen molar-refractivity contribution in [2.75, 3.05) is 11.4 Å². The van der Waals surface area contributed by atoms with E-state index < -0.39 is 40.7 Å². The predicted octanol–water partition coefficient (Wildman–Crippen LogP) is 5.28. The van der Waals surface area contributed by atoms with Gasteiger partial charge in [0.2, 0.25) is 0 Å². The second-order valence-electron chi connectivity index (χ2n) is 6.76. The summed E-state index contributed by atoms with van der Waals surface area (Å²) < 4.78 is 70.0. The Morgan fingerprint density at radius 2 is 1.88 bits per heavy atom. The van der Waals surface area contributed by atoms with Crippen LogP contribution in [0.3, 0.4) is 0 Å². The Labute approximate surface area is 191 Å². The number of nitriles is 1. The normalized spacial score (nSPS) is 14.0. The summed E-state index contributed by atoms with van der Waals surface area (Å²) in [7, 11) is 0. The first kappa shape index (κ1) is 21.9. The molecule has 0 saturated carbocycles. The van der Waals surface area contributed by atoms with Crippen LogP contribution in [0.15, 0.2) is 42.5 Å². The average Bonchev–Trinajstić information content (AvgIpc) is 3.12. The third-order valence-electron chi connectivity index (χ3n) is 4.84. The Morgan fingerprint density at radius 3 is 2.53 bits per heavy atom. The largest absolute Gasteiger partial charge is 0.435 e. The Morgan fingerprint density at radius 1 is 1.12 bits per heavy atom. The SMILES string of the molecule is N#Cc1cc(C2=CCN(c3ccc(I)cc3F)C(=O)c3[nH]nc(C(F)(F)F)c32)ccc1F. The van der Waals surface area contributed by atoms with Gasteiger partial charge in [0.1, 0.15) is 23.4 Å². The fourth-order valence-corrected chi connectivity index (χ4v) is 3.87.